The third-order valence-electron chi connectivity index (χ3n) is 4.87. The van der Waals surface area contributed by atoms with Crippen molar-refractivity contribution in [1.82, 2.24) is 19.4 Å². The second kappa shape index (κ2) is 7.80. The molecule has 0 unspecified atom stereocenters. The molecule has 2 aromatic heterocycles. The fraction of sp³-hybridized carbons (Fsp3) is 0.333. The largest absolute Gasteiger partial charge is 0.350 e. The van der Waals surface area contributed by atoms with E-state index in [-0.39, 0.29) is 28.5 Å². The molecule has 1 amide bonds. The zero-order chi connectivity index (χ0) is 20.4. The van der Waals surface area contributed by atoms with Crippen molar-refractivity contribution in [2.45, 2.75) is 32.7 Å². The number of amides is 1. The van der Waals surface area contributed by atoms with Crippen LogP contribution in [-0.4, -0.2) is 26.1 Å². The van der Waals surface area contributed by atoms with Gasteiger partial charge in [-0.05, 0) is 38.3 Å². The zero-order valence-corrected chi connectivity index (χ0v) is 16.5. The van der Waals surface area contributed by atoms with Gasteiger partial charge < -0.3 is 5.32 Å². The standard InChI is InChI=1S/C21H24N4O3/c1-13(10-11-15-8-6-5-7-9-15)23-19(26)16-12-14(2)22-18-17(16)20(27)25(4)21(28)24(18)3/h5-9,12-13H,10-11H2,1-4H3,(H,23,26)/t13-/m0/s1. The summed E-state index contributed by atoms with van der Waals surface area (Å²) in [6.07, 6.45) is 1.61. The smallest absolute Gasteiger partial charge is 0.332 e. The molecule has 28 heavy (non-hydrogen) atoms. The SMILES string of the molecule is Cc1cc(C(=O)N[C@@H](C)CCc2ccccc2)c2c(=O)n(C)c(=O)n(C)c2n1. The van der Waals surface area contributed by atoms with Gasteiger partial charge in [-0.25, -0.2) is 9.78 Å². The summed E-state index contributed by atoms with van der Waals surface area (Å²) in [7, 11) is 2.94. The van der Waals surface area contributed by atoms with Gasteiger partial charge in [-0.3, -0.25) is 18.7 Å². The van der Waals surface area contributed by atoms with Gasteiger partial charge in [0.15, 0.2) is 0 Å². The highest BCUT2D eigenvalue weighted by Gasteiger charge is 2.20. The van der Waals surface area contributed by atoms with Crippen molar-refractivity contribution in [3.05, 3.63) is 74.1 Å². The molecule has 1 atom stereocenters. The molecule has 0 aliphatic carbocycles. The van der Waals surface area contributed by atoms with Crippen molar-refractivity contribution in [2.24, 2.45) is 14.1 Å². The van der Waals surface area contributed by atoms with Crippen molar-refractivity contribution >= 4 is 16.9 Å². The summed E-state index contributed by atoms with van der Waals surface area (Å²) in [6.45, 7) is 3.67. The normalized spacial score (nSPS) is 12.1. The number of benzene rings is 1. The number of nitrogens with zero attached hydrogens (tertiary/aromatic N) is 3. The second-order valence-electron chi connectivity index (χ2n) is 7.11. The minimum atomic E-state index is -0.521. The third kappa shape index (κ3) is 3.74. The molecule has 0 aliphatic heterocycles. The molecule has 0 spiro atoms. The van der Waals surface area contributed by atoms with Crippen LogP contribution in [0.2, 0.25) is 0 Å². The highest BCUT2D eigenvalue weighted by molar-refractivity contribution is 6.05. The Balaban J connectivity index is 1.91. The van der Waals surface area contributed by atoms with Crippen LogP contribution >= 0.6 is 0 Å². The van der Waals surface area contributed by atoms with Crippen molar-refractivity contribution in [2.75, 3.05) is 0 Å². The Labute approximate surface area is 162 Å². The van der Waals surface area contributed by atoms with Crippen LogP contribution in [0.4, 0.5) is 0 Å². The van der Waals surface area contributed by atoms with E-state index in [4.69, 9.17) is 0 Å². The Hall–Kier alpha value is -3.22. The Morgan fingerprint density at radius 3 is 2.50 bits per heavy atom. The number of carbonyl (C=O) groups excluding carboxylic acids is 1. The quantitative estimate of drug-likeness (QED) is 0.730. The summed E-state index contributed by atoms with van der Waals surface area (Å²) in [5.74, 6) is -0.341. The fourth-order valence-corrected chi connectivity index (χ4v) is 3.26. The van der Waals surface area contributed by atoms with Gasteiger partial charge in [0.05, 0.1) is 10.9 Å². The number of carbonyl (C=O) groups is 1. The van der Waals surface area contributed by atoms with E-state index in [1.807, 2.05) is 25.1 Å². The van der Waals surface area contributed by atoms with E-state index in [0.717, 1.165) is 17.4 Å². The monoisotopic (exact) mass is 380 g/mol. The van der Waals surface area contributed by atoms with E-state index in [9.17, 15) is 14.4 Å². The molecule has 3 aromatic rings. The lowest BCUT2D eigenvalue weighted by Gasteiger charge is -2.16. The first-order chi connectivity index (χ1) is 13.3. The summed E-state index contributed by atoms with van der Waals surface area (Å²) < 4.78 is 2.29. The van der Waals surface area contributed by atoms with Crippen LogP contribution in [0.1, 0.15) is 35.0 Å². The fourth-order valence-electron chi connectivity index (χ4n) is 3.26. The third-order valence-corrected chi connectivity index (χ3v) is 4.87. The van der Waals surface area contributed by atoms with E-state index in [2.05, 4.69) is 22.4 Å². The molecular formula is C21H24N4O3. The van der Waals surface area contributed by atoms with Crippen LogP contribution < -0.4 is 16.6 Å². The predicted octanol–water partition coefficient (Wildman–Crippen LogP) is 1.69. The molecule has 0 bridgehead atoms. The van der Waals surface area contributed by atoms with Crippen molar-refractivity contribution < 1.29 is 4.79 Å². The van der Waals surface area contributed by atoms with E-state index in [0.29, 0.717) is 5.69 Å². The van der Waals surface area contributed by atoms with Gasteiger partial charge >= 0.3 is 5.69 Å². The number of pyridine rings is 1. The molecule has 1 aromatic carbocycles. The maximum absolute atomic E-state index is 12.9. The van der Waals surface area contributed by atoms with Gasteiger partial charge in [0, 0.05) is 25.8 Å². The van der Waals surface area contributed by atoms with E-state index in [1.165, 1.54) is 17.2 Å². The van der Waals surface area contributed by atoms with Gasteiger partial charge in [0.25, 0.3) is 11.5 Å². The number of rotatable bonds is 5. The van der Waals surface area contributed by atoms with E-state index in [1.54, 1.807) is 20.0 Å². The summed E-state index contributed by atoms with van der Waals surface area (Å²) in [5.41, 5.74) is 1.24. The van der Waals surface area contributed by atoms with Crippen molar-refractivity contribution in [3.63, 3.8) is 0 Å². The maximum Gasteiger partial charge on any atom is 0.332 e. The lowest BCUT2D eigenvalue weighted by molar-refractivity contribution is 0.0940. The predicted molar refractivity (Wildman–Crippen MR) is 109 cm³/mol. The first-order valence-electron chi connectivity index (χ1n) is 9.21. The number of nitrogens with one attached hydrogen (secondary N) is 1. The minimum Gasteiger partial charge on any atom is -0.350 e. The molecular weight excluding hydrogens is 356 g/mol. The zero-order valence-electron chi connectivity index (χ0n) is 16.5. The van der Waals surface area contributed by atoms with Crippen LogP contribution in [0.25, 0.3) is 11.0 Å². The molecule has 0 aliphatic rings. The topological polar surface area (TPSA) is 86.0 Å². The van der Waals surface area contributed by atoms with Crippen LogP contribution in [-0.2, 0) is 20.5 Å². The highest BCUT2D eigenvalue weighted by Crippen LogP contribution is 2.14. The summed E-state index contributed by atoms with van der Waals surface area (Å²) in [4.78, 5) is 42.1. The van der Waals surface area contributed by atoms with Crippen LogP contribution in [0.3, 0.4) is 0 Å². The highest BCUT2D eigenvalue weighted by atomic mass is 16.2. The van der Waals surface area contributed by atoms with E-state index < -0.39 is 11.2 Å². The molecule has 2 heterocycles. The summed E-state index contributed by atoms with van der Waals surface area (Å²) >= 11 is 0. The average molecular weight is 380 g/mol. The van der Waals surface area contributed by atoms with Gasteiger partial charge in [-0.2, -0.15) is 0 Å². The molecule has 7 heteroatoms. The van der Waals surface area contributed by atoms with Gasteiger partial charge in [0.2, 0.25) is 0 Å². The van der Waals surface area contributed by atoms with Gasteiger partial charge in [0.1, 0.15) is 5.65 Å². The van der Waals surface area contributed by atoms with Gasteiger partial charge in [-0.1, -0.05) is 30.3 Å². The molecule has 7 nitrogen and oxygen atoms in total. The Morgan fingerprint density at radius 2 is 1.82 bits per heavy atom. The van der Waals surface area contributed by atoms with Crippen LogP contribution in [0, 0.1) is 6.92 Å². The second-order valence-corrected chi connectivity index (χ2v) is 7.11. The lowest BCUT2D eigenvalue weighted by Crippen LogP contribution is -2.39. The van der Waals surface area contributed by atoms with Gasteiger partial charge in [-0.15, -0.1) is 0 Å². The van der Waals surface area contributed by atoms with Crippen molar-refractivity contribution in [3.8, 4) is 0 Å². The number of aryl methyl sites for hydroxylation is 3. The number of hydrogen-bond donors (Lipinski definition) is 1. The molecule has 0 radical (unpaired) electrons. The summed E-state index contributed by atoms with van der Waals surface area (Å²) in [5, 5.41) is 3.12. The number of hydrogen-bond acceptors (Lipinski definition) is 4. The molecule has 0 saturated heterocycles. The molecule has 1 N–H and O–H groups in total. The first-order valence-corrected chi connectivity index (χ1v) is 9.21. The van der Waals surface area contributed by atoms with Crippen LogP contribution in [0.15, 0.2) is 46.0 Å². The molecule has 0 fully saturated rings. The molecule has 0 saturated carbocycles. The number of fused-ring (bicyclic) bond motifs is 1. The Bertz CT molecular complexity index is 1150. The molecule has 146 valence electrons. The Morgan fingerprint density at radius 1 is 1.14 bits per heavy atom. The maximum atomic E-state index is 12.9. The Kier molecular flexibility index (Phi) is 5.44. The summed E-state index contributed by atoms with van der Waals surface area (Å²) in [6, 6.07) is 11.6. The average Bonchev–Trinajstić information content (AvgIpc) is 2.69. The first kappa shape index (κ1) is 19.5. The van der Waals surface area contributed by atoms with E-state index >= 15 is 0 Å². The van der Waals surface area contributed by atoms with Crippen molar-refractivity contribution in [1.29, 1.82) is 0 Å². The number of aromatic nitrogens is 3. The minimum absolute atomic E-state index is 0.0763. The lowest BCUT2D eigenvalue weighted by atomic mass is 10.1. The molecule has 3 rings (SSSR count). The van der Waals surface area contributed by atoms with Crippen LogP contribution in [0.5, 0.6) is 0 Å².